The summed E-state index contributed by atoms with van der Waals surface area (Å²) in [5, 5.41) is 27.2. The highest BCUT2D eigenvalue weighted by Gasteiger charge is 2.10. The van der Waals surface area contributed by atoms with Gasteiger partial charge in [-0.2, -0.15) is 0 Å². The third kappa shape index (κ3) is 5.04. The highest BCUT2D eigenvalue weighted by molar-refractivity contribution is 5.86. The van der Waals surface area contributed by atoms with Gasteiger partial charge in [-0.05, 0) is 48.7 Å². The number of aliphatic hydroxyl groups is 2. The first kappa shape index (κ1) is 20.2. The Kier molecular flexibility index (Phi) is 6.92. The van der Waals surface area contributed by atoms with Crippen molar-refractivity contribution in [1.82, 2.24) is 10.3 Å². The van der Waals surface area contributed by atoms with Gasteiger partial charge in [0.25, 0.3) is 0 Å². The Hall–Kier alpha value is -2.54. The first-order valence-electron chi connectivity index (χ1n) is 9.61. The summed E-state index contributed by atoms with van der Waals surface area (Å²) >= 11 is 0. The number of hydrogen-bond acceptors (Lipinski definition) is 5. The average Bonchev–Trinajstić information content (AvgIpc) is 3.16. The molecule has 0 fully saturated rings. The van der Waals surface area contributed by atoms with Crippen molar-refractivity contribution >= 4 is 16.6 Å². The van der Waals surface area contributed by atoms with E-state index in [4.69, 9.17) is 4.74 Å². The molecule has 0 spiro atoms. The molecule has 6 nitrogen and oxygen atoms in total. The van der Waals surface area contributed by atoms with Crippen molar-refractivity contribution in [2.45, 2.75) is 26.6 Å². The molecule has 28 heavy (non-hydrogen) atoms. The fourth-order valence-electron chi connectivity index (χ4n) is 3.28. The summed E-state index contributed by atoms with van der Waals surface area (Å²) < 4.78 is 5.80. The molecular weight excluding hydrogens is 354 g/mol. The number of fused-ring (bicyclic) bond motifs is 1. The smallest absolute Gasteiger partial charge is 0.129 e. The second kappa shape index (κ2) is 9.59. The van der Waals surface area contributed by atoms with Crippen LogP contribution in [0.5, 0.6) is 5.75 Å². The van der Waals surface area contributed by atoms with Crippen molar-refractivity contribution in [1.29, 1.82) is 0 Å². The fourth-order valence-corrected chi connectivity index (χ4v) is 3.28. The molecule has 0 bridgehead atoms. The van der Waals surface area contributed by atoms with Crippen LogP contribution in [0.3, 0.4) is 0 Å². The molecule has 0 aliphatic carbocycles. The van der Waals surface area contributed by atoms with Crippen LogP contribution in [0.4, 0.5) is 5.69 Å². The van der Waals surface area contributed by atoms with Crippen LogP contribution in [0, 0.1) is 13.8 Å². The number of nitrogens with one attached hydrogen (secondary N) is 3. The van der Waals surface area contributed by atoms with E-state index in [1.165, 1.54) is 16.8 Å². The number of H-pyrrole nitrogens is 1. The van der Waals surface area contributed by atoms with Gasteiger partial charge < -0.3 is 30.6 Å². The van der Waals surface area contributed by atoms with Crippen LogP contribution < -0.4 is 15.4 Å². The van der Waals surface area contributed by atoms with Gasteiger partial charge in [-0.1, -0.05) is 18.2 Å². The Morgan fingerprint density at radius 3 is 2.64 bits per heavy atom. The third-order valence-corrected chi connectivity index (χ3v) is 4.77. The summed E-state index contributed by atoms with van der Waals surface area (Å²) in [5.41, 5.74) is 5.32. The number of hydrogen-bond donors (Lipinski definition) is 5. The standard InChI is InChI=1S/C22H29N3O3/c1-15-4-3-5-16(2)22(15)25-9-8-23-12-18(27)14-28-21-11-17(13-26)10-20-19(21)6-7-24-20/h3-7,10-11,18,23-27H,8-9,12-14H2,1-2H3. The summed E-state index contributed by atoms with van der Waals surface area (Å²) in [6.45, 7) is 6.29. The number of rotatable bonds is 10. The lowest BCUT2D eigenvalue weighted by Crippen LogP contribution is -2.34. The summed E-state index contributed by atoms with van der Waals surface area (Å²) in [7, 11) is 0. The number of aryl methyl sites for hydroxylation is 2. The largest absolute Gasteiger partial charge is 0.490 e. The minimum absolute atomic E-state index is 0.0528. The Bertz CT molecular complexity index is 887. The molecule has 1 aromatic heterocycles. The second-order valence-electron chi connectivity index (χ2n) is 7.05. The van der Waals surface area contributed by atoms with Gasteiger partial charge in [-0.15, -0.1) is 0 Å². The Morgan fingerprint density at radius 2 is 1.89 bits per heavy atom. The van der Waals surface area contributed by atoms with Crippen LogP contribution in [0.15, 0.2) is 42.6 Å². The molecule has 2 aromatic carbocycles. The molecule has 0 saturated heterocycles. The number of aliphatic hydroxyl groups excluding tert-OH is 2. The quantitative estimate of drug-likeness (QED) is 0.347. The predicted octanol–water partition coefficient (Wildman–Crippen LogP) is 2.72. The van der Waals surface area contributed by atoms with E-state index in [1.54, 1.807) is 0 Å². The Balaban J connectivity index is 1.42. The predicted molar refractivity (Wildman–Crippen MR) is 113 cm³/mol. The van der Waals surface area contributed by atoms with E-state index in [9.17, 15) is 10.2 Å². The Labute approximate surface area is 165 Å². The monoisotopic (exact) mass is 383 g/mol. The van der Waals surface area contributed by atoms with E-state index < -0.39 is 6.10 Å². The van der Waals surface area contributed by atoms with E-state index in [-0.39, 0.29) is 13.2 Å². The van der Waals surface area contributed by atoms with E-state index in [1.807, 2.05) is 24.4 Å². The molecule has 0 amide bonds. The lowest BCUT2D eigenvalue weighted by Gasteiger charge is -2.16. The highest BCUT2D eigenvalue weighted by atomic mass is 16.5. The molecule has 0 saturated carbocycles. The van der Waals surface area contributed by atoms with Crippen LogP contribution in [0.25, 0.3) is 10.9 Å². The van der Waals surface area contributed by atoms with Crippen molar-refractivity contribution in [3.8, 4) is 5.75 Å². The van der Waals surface area contributed by atoms with Crippen molar-refractivity contribution in [2.24, 2.45) is 0 Å². The molecule has 6 heteroatoms. The van der Waals surface area contributed by atoms with Crippen LogP contribution in [0.1, 0.15) is 16.7 Å². The number of anilines is 1. The first-order valence-corrected chi connectivity index (χ1v) is 9.61. The highest BCUT2D eigenvalue weighted by Crippen LogP contribution is 2.27. The number of aromatic nitrogens is 1. The van der Waals surface area contributed by atoms with Gasteiger partial charge >= 0.3 is 0 Å². The normalized spacial score (nSPS) is 12.3. The minimum Gasteiger partial charge on any atom is -0.490 e. The van der Waals surface area contributed by atoms with E-state index in [0.29, 0.717) is 12.3 Å². The second-order valence-corrected chi connectivity index (χ2v) is 7.05. The molecule has 3 rings (SSSR count). The lowest BCUT2D eigenvalue weighted by molar-refractivity contribution is 0.107. The molecular formula is C22H29N3O3. The lowest BCUT2D eigenvalue weighted by atomic mass is 10.1. The van der Waals surface area contributed by atoms with Crippen molar-refractivity contribution < 1.29 is 14.9 Å². The van der Waals surface area contributed by atoms with Crippen LogP contribution in [-0.4, -0.2) is 47.5 Å². The maximum absolute atomic E-state index is 10.2. The van der Waals surface area contributed by atoms with Gasteiger partial charge in [0, 0.05) is 42.4 Å². The molecule has 150 valence electrons. The minimum atomic E-state index is -0.619. The summed E-state index contributed by atoms with van der Waals surface area (Å²) in [4.78, 5) is 3.12. The van der Waals surface area contributed by atoms with Gasteiger partial charge in [-0.25, -0.2) is 0 Å². The molecule has 1 atom stereocenters. The zero-order valence-corrected chi connectivity index (χ0v) is 16.5. The number of ether oxygens (including phenoxy) is 1. The van der Waals surface area contributed by atoms with Crippen LogP contribution in [-0.2, 0) is 6.61 Å². The van der Waals surface area contributed by atoms with Crippen LogP contribution >= 0.6 is 0 Å². The van der Waals surface area contributed by atoms with E-state index >= 15 is 0 Å². The average molecular weight is 383 g/mol. The molecule has 0 aliphatic rings. The zero-order valence-electron chi connectivity index (χ0n) is 16.5. The first-order chi connectivity index (χ1) is 13.6. The molecule has 0 aliphatic heterocycles. The van der Waals surface area contributed by atoms with Crippen LogP contribution in [0.2, 0.25) is 0 Å². The fraction of sp³-hybridized carbons (Fsp3) is 0.364. The van der Waals surface area contributed by atoms with Crippen molar-refractivity contribution in [3.63, 3.8) is 0 Å². The number of para-hydroxylation sites is 1. The maximum atomic E-state index is 10.2. The SMILES string of the molecule is Cc1cccc(C)c1NCCNCC(O)COc1cc(CO)cc2[nH]ccc12. The topological polar surface area (TPSA) is 89.5 Å². The van der Waals surface area contributed by atoms with Gasteiger partial charge in [0.05, 0.1) is 6.61 Å². The van der Waals surface area contributed by atoms with E-state index in [0.717, 1.165) is 29.6 Å². The third-order valence-electron chi connectivity index (χ3n) is 4.77. The zero-order chi connectivity index (χ0) is 19.9. The Morgan fingerprint density at radius 1 is 1.11 bits per heavy atom. The molecule has 5 N–H and O–H groups in total. The summed E-state index contributed by atoms with van der Waals surface area (Å²) in [6.07, 6.45) is 1.21. The summed E-state index contributed by atoms with van der Waals surface area (Å²) in [5.74, 6) is 0.665. The molecule has 1 heterocycles. The van der Waals surface area contributed by atoms with Crippen molar-refractivity contribution in [3.05, 3.63) is 59.3 Å². The van der Waals surface area contributed by atoms with Gasteiger partial charge in [-0.3, -0.25) is 0 Å². The molecule has 3 aromatic rings. The van der Waals surface area contributed by atoms with E-state index in [2.05, 4.69) is 47.7 Å². The summed E-state index contributed by atoms with van der Waals surface area (Å²) in [6, 6.07) is 11.9. The number of benzene rings is 2. The number of aromatic amines is 1. The maximum Gasteiger partial charge on any atom is 0.129 e. The van der Waals surface area contributed by atoms with Gasteiger partial charge in [0.1, 0.15) is 18.5 Å². The molecule has 0 radical (unpaired) electrons. The van der Waals surface area contributed by atoms with Gasteiger partial charge in [0.2, 0.25) is 0 Å². The molecule has 1 unspecified atom stereocenters. The van der Waals surface area contributed by atoms with Crippen molar-refractivity contribution in [2.75, 3.05) is 31.6 Å². The van der Waals surface area contributed by atoms with Gasteiger partial charge in [0.15, 0.2) is 0 Å².